The van der Waals surface area contributed by atoms with Crippen LogP contribution in [0.15, 0.2) is 42.2 Å². The predicted octanol–water partition coefficient (Wildman–Crippen LogP) is 4.26. The van der Waals surface area contributed by atoms with Crippen molar-refractivity contribution in [3.05, 3.63) is 52.3 Å². The van der Waals surface area contributed by atoms with Gasteiger partial charge in [-0.1, -0.05) is 29.6 Å². The van der Waals surface area contributed by atoms with Gasteiger partial charge in [0.2, 0.25) is 0 Å². The molecule has 2 fully saturated rings. The van der Waals surface area contributed by atoms with E-state index in [9.17, 15) is 0 Å². The number of hydrogen-bond donors (Lipinski definition) is 1. The molecule has 0 aromatic heterocycles. The van der Waals surface area contributed by atoms with Crippen molar-refractivity contribution in [2.75, 3.05) is 26.2 Å². The number of nitrogens with one attached hydrogen (secondary N) is 1. The third kappa shape index (κ3) is 4.13. The molecule has 3 aliphatic rings. The summed E-state index contributed by atoms with van der Waals surface area (Å²) in [6.07, 6.45) is 11.5. The van der Waals surface area contributed by atoms with Crippen molar-refractivity contribution in [1.82, 2.24) is 15.1 Å². The molecule has 1 saturated heterocycles. The van der Waals surface area contributed by atoms with E-state index in [0.717, 1.165) is 19.1 Å². The molecule has 4 nitrogen and oxygen atoms in total. The summed E-state index contributed by atoms with van der Waals surface area (Å²) in [5.41, 5.74) is 1.23. The largest absolute Gasteiger partial charge is 0.467 e. The Balaban J connectivity index is 1.31. The normalized spacial score (nSPS) is 24.5. The molecule has 0 radical (unpaired) electrons. The fourth-order valence-electron chi connectivity index (χ4n) is 3.74. The molecule has 1 aromatic carbocycles. The highest BCUT2D eigenvalue weighted by molar-refractivity contribution is 6.42. The van der Waals surface area contributed by atoms with Crippen molar-refractivity contribution >= 4 is 23.2 Å². The van der Waals surface area contributed by atoms with Gasteiger partial charge in [-0.25, -0.2) is 0 Å². The molecule has 0 spiro atoms. The molecule has 0 bridgehead atoms. The standard InChI is InChI=1S/C20H25Cl2N3O/c21-18-7-6-17(13-19(18)22)26-20-8-5-16(14-23-20)25-10-2-9-24(11-12-25)15-3-1-4-15/h5-8,13-15,20,23H,1-4,9-12H2. The number of benzene rings is 1. The van der Waals surface area contributed by atoms with Gasteiger partial charge in [0.25, 0.3) is 0 Å². The molecule has 2 heterocycles. The number of nitrogens with zero attached hydrogens (tertiary/aromatic N) is 2. The van der Waals surface area contributed by atoms with Gasteiger partial charge in [-0.3, -0.25) is 4.90 Å². The van der Waals surface area contributed by atoms with Gasteiger partial charge >= 0.3 is 0 Å². The topological polar surface area (TPSA) is 27.7 Å². The van der Waals surface area contributed by atoms with Crippen LogP contribution in [0.4, 0.5) is 0 Å². The monoisotopic (exact) mass is 393 g/mol. The molecule has 2 aliphatic heterocycles. The van der Waals surface area contributed by atoms with Crippen LogP contribution in [0.25, 0.3) is 0 Å². The van der Waals surface area contributed by atoms with E-state index in [1.165, 1.54) is 44.5 Å². The van der Waals surface area contributed by atoms with Gasteiger partial charge in [0.05, 0.1) is 15.7 Å². The van der Waals surface area contributed by atoms with Crippen molar-refractivity contribution in [2.24, 2.45) is 0 Å². The van der Waals surface area contributed by atoms with E-state index in [1.54, 1.807) is 12.1 Å². The molecule has 4 rings (SSSR count). The zero-order valence-electron chi connectivity index (χ0n) is 14.8. The zero-order chi connectivity index (χ0) is 17.9. The van der Waals surface area contributed by atoms with Gasteiger partial charge in [-0.15, -0.1) is 0 Å². The van der Waals surface area contributed by atoms with E-state index in [2.05, 4.69) is 27.4 Å². The van der Waals surface area contributed by atoms with E-state index in [1.807, 2.05) is 12.1 Å². The van der Waals surface area contributed by atoms with Crippen LogP contribution < -0.4 is 10.1 Å². The molecule has 0 amide bonds. The van der Waals surface area contributed by atoms with Gasteiger partial charge in [-0.2, -0.15) is 0 Å². The Hall–Kier alpha value is -1.36. The zero-order valence-corrected chi connectivity index (χ0v) is 16.3. The van der Waals surface area contributed by atoms with E-state index < -0.39 is 0 Å². The summed E-state index contributed by atoms with van der Waals surface area (Å²) in [4.78, 5) is 5.15. The van der Waals surface area contributed by atoms with Crippen LogP contribution in [0.2, 0.25) is 10.0 Å². The summed E-state index contributed by atoms with van der Waals surface area (Å²) >= 11 is 12.0. The molecule has 1 unspecified atom stereocenters. The molecule has 1 aliphatic carbocycles. The second-order valence-electron chi connectivity index (χ2n) is 7.17. The summed E-state index contributed by atoms with van der Waals surface area (Å²) in [6, 6.07) is 6.15. The van der Waals surface area contributed by atoms with Crippen LogP contribution in [0.5, 0.6) is 5.75 Å². The summed E-state index contributed by atoms with van der Waals surface area (Å²) in [5, 5.41) is 4.36. The quantitative estimate of drug-likeness (QED) is 0.826. The van der Waals surface area contributed by atoms with E-state index in [-0.39, 0.29) is 6.23 Å². The van der Waals surface area contributed by atoms with Crippen LogP contribution in [-0.2, 0) is 0 Å². The van der Waals surface area contributed by atoms with Crippen molar-refractivity contribution in [3.8, 4) is 5.75 Å². The smallest absolute Gasteiger partial charge is 0.189 e. The lowest BCUT2D eigenvalue weighted by atomic mass is 9.91. The lowest BCUT2D eigenvalue weighted by Gasteiger charge is -2.37. The minimum atomic E-state index is -0.200. The second kappa shape index (κ2) is 8.12. The summed E-state index contributed by atoms with van der Waals surface area (Å²) in [7, 11) is 0. The van der Waals surface area contributed by atoms with Gasteiger partial charge in [0.15, 0.2) is 6.23 Å². The lowest BCUT2D eigenvalue weighted by Crippen LogP contribution is -2.42. The molecule has 1 aromatic rings. The molecule has 1 N–H and O–H groups in total. The first-order chi connectivity index (χ1) is 12.7. The van der Waals surface area contributed by atoms with Crippen LogP contribution in [0.1, 0.15) is 25.7 Å². The maximum absolute atomic E-state index is 6.05. The number of halogens is 2. The Bertz CT molecular complexity index is 702. The Labute approximate surface area is 165 Å². The molecule has 26 heavy (non-hydrogen) atoms. The third-order valence-corrected chi connectivity index (χ3v) is 6.22. The van der Waals surface area contributed by atoms with Crippen LogP contribution >= 0.6 is 23.2 Å². The first-order valence-electron chi connectivity index (χ1n) is 9.44. The van der Waals surface area contributed by atoms with Gasteiger partial charge in [0.1, 0.15) is 5.75 Å². The number of dihydropyridines is 1. The molecule has 6 heteroatoms. The number of rotatable bonds is 4. The molecule has 1 atom stereocenters. The fraction of sp³-hybridized carbons (Fsp3) is 0.500. The number of ether oxygens (including phenoxy) is 1. The Morgan fingerprint density at radius 1 is 1.00 bits per heavy atom. The van der Waals surface area contributed by atoms with E-state index in [4.69, 9.17) is 27.9 Å². The second-order valence-corrected chi connectivity index (χ2v) is 7.99. The van der Waals surface area contributed by atoms with Crippen LogP contribution in [-0.4, -0.2) is 48.2 Å². The summed E-state index contributed by atoms with van der Waals surface area (Å²) in [5.74, 6) is 0.698. The Morgan fingerprint density at radius 3 is 2.58 bits per heavy atom. The highest BCUT2D eigenvalue weighted by Crippen LogP contribution is 2.28. The predicted molar refractivity (Wildman–Crippen MR) is 107 cm³/mol. The van der Waals surface area contributed by atoms with Crippen LogP contribution in [0, 0.1) is 0 Å². The SMILES string of the molecule is Clc1ccc(OC2C=CC(N3CCCN(C4CCC4)CC3)=CN2)cc1Cl. The highest BCUT2D eigenvalue weighted by Gasteiger charge is 2.27. The minimum Gasteiger partial charge on any atom is -0.467 e. The summed E-state index contributed by atoms with van der Waals surface area (Å²) in [6.45, 7) is 4.60. The van der Waals surface area contributed by atoms with Gasteiger partial charge in [0, 0.05) is 44.5 Å². The van der Waals surface area contributed by atoms with Crippen molar-refractivity contribution in [3.63, 3.8) is 0 Å². The lowest BCUT2D eigenvalue weighted by molar-refractivity contribution is 0.133. The van der Waals surface area contributed by atoms with Gasteiger partial charge in [-0.05, 0) is 43.5 Å². The first-order valence-corrected chi connectivity index (χ1v) is 10.2. The van der Waals surface area contributed by atoms with E-state index >= 15 is 0 Å². The van der Waals surface area contributed by atoms with E-state index in [0.29, 0.717) is 15.8 Å². The van der Waals surface area contributed by atoms with Gasteiger partial charge < -0.3 is 15.0 Å². The molecular weight excluding hydrogens is 369 g/mol. The number of hydrogen-bond acceptors (Lipinski definition) is 4. The molecule has 140 valence electrons. The maximum atomic E-state index is 6.05. The molecule has 1 saturated carbocycles. The van der Waals surface area contributed by atoms with Crippen molar-refractivity contribution < 1.29 is 4.74 Å². The third-order valence-electron chi connectivity index (χ3n) is 5.48. The fourth-order valence-corrected chi connectivity index (χ4v) is 4.02. The van der Waals surface area contributed by atoms with Crippen molar-refractivity contribution in [1.29, 1.82) is 0 Å². The summed E-state index contributed by atoms with van der Waals surface area (Å²) < 4.78 is 5.91. The van der Waals surface area contributed by atoms with Crippen molar-refractivity contribution in [2.45, 2.75) is 38.0 Å². The average Bonchev–Trinajstić information content (AvgIpc) is 2.84. The average molecular weight is 394 g/mol. The minimum absolute atomic E-state index is 0.200. The molecular formula is C20H25Cl2N3O. The Kier molecular flexibility index (Phi) is 5.63. The number of allylic oxidation sites excluding steroid dienone is 1. The Morgan fingerprint density at radius 2 is 1.88 bits per heavy atom. The maximum Gasteiger partial charge on any atom is 0.189 e. The highest BCUT2D eigenvalue weighted by atomic mass is 35.5. The van der Waals surface area contributed by atoms with Crippen LogP contribution in [0.3, 0.4) is 0 Å². The first kappa shape index (κ1) is 18.0.